The molecular weight excluding hydrogens is 266 g/mol. The van der Waals surface area contributed by atoms with Crippen molar-refractivity contribution in [3.05, 3.63) is 17.6 Å². The summed E-state index contributed by atoms with van der Waals surface area (Å²) in [6.45, 7) is 5.45. The molecule has 5 nitrogen and oxygen atoms in total. The second kappa shape index (κ2) is 5.62. The molecule has 2 aliphatic rings. The maximum atomic E-state index is 11.5. The Kier molecular flexibility index (Phi) is 3.83. The van der Waals surface area contributed by atoms with Gasteiger partial charge in [0, 0.05) is 24.8 Å². The van der Waals surface area contributed by atoms with Crippen LogP contribution in [0.15, 0.2) is 6.20 Å². The van der Waals surface area contributed by atoms with Crippen molar-refractivity contribution in [2.24, 2.45) is 17.8 Å². The van der Waals surface area contributed by atoms with Crippen molar-refractivity contribution in [2.45, 2.75) is 39.5 Å². The van der Waals surface area contributed by atoms with Gasteiger partial charge in [0.25, 0.3) is 0 Å². The number of aryl methyl sites for hydroxylation is 2. The quantitative estimate of drug-likeness (QED) is 0.901. The van der Waals surface area contributed by atoms with Gasteiger partial charge in [-0.2, -0.15) is 0 Å². The van der Waals surface area contributed by atoms with Crippen LogP contribution < -0.4 is 4.90 Å². The largest absolute Gasteiger partial charge is 0.481 e. The predicted octanol–water partition coefficient (Wildman–Crippen LogP) is 2.28. The summed E-state index contributed by atoms with van der Waals surface area (Å²) in [6.07, 6.45) is 6.26. The van der Waals surface area contributed by atoms with Crippen molar-refractivity contribution >= 4 is 11.8 Å². The summed E-state index contributed by atoms with van der Waals surface area (Å²) >= 11 is 0. The highest BCUT2D eigenvalue weighted by molar-refractivity contribution is 5.72. The molecule has 0 amide bonds. The van der Waals surface area contributed by atoms with Gasteiger partial charge in [-0.15, -0.1) is 0 Å². The molecule has 1 aliphatic carbocycles. The Balaban J connectivity index is 1.87. The van der Waals surface area contributed by atoms with E-state index in [1.165, 1.54) is 12.8 Å². The number of hydrogen-bond donors (Lipinski definition) is 1. The van der Waals surface area contributed by atoms with E-state index in [-0.39, 0.29) is 11.8 Å². The Morgan fingerprint density at radius 1 is 1.43 bits per heavy atom. The van der Waals surface area contributed by atoms with Crippen LogP contribution in [0.25, 0.3) is 0 Å². The van der Waals surface area contributed by atoms with Crippen LogP contribution in [-0.4, -0.2) is 34.1 Å². The minimum Gasteiger partial charge on any atom is -0.481 e. The standard InChI is InChI=1S/C16H23N3O2/c1-3-4-12-7-17-10(2)18-15(12)19-8-13(11-5-6-11)14(9-19)16(20)21/h7,11,13-14H,3-6,8-9H2,1-2H3,(H,20,21)/t13-,14+/m0/s1. The minimum absolute atomic E-state index is 0.248. The highest BCUT2D eigenvalue weighted by Gasteiger charge is 2.46. The molecular formula is C16H23N3O2. The number of carbonyl (C=O) groups is 1. The summed E-state index contributed by atoms with van der Waals surface area (Å²) in [4.78, 5) is 22.6. The third kappa shape index (κ3) is 2.87. The van der Waals surface area contributed by atoms with Crippen LogP contribution in [0.5, 0.6) is 0 Å². The summed E-state index contributed by atoms with van der Waals surface area (Å²) in [5.41, 5.74) is 1.14. The predicted molar refractivity (Wildman–Crippen MR) is 80.3 cm³/mol. The Morgan fingerprint density at radius 3 is 2.81 bits per heavy atom. The van der Waals surface area contributed by atoms with E-state index in [0.29, 0.717) is 12.5 Å². The van der Waals surface area contributed by atoms with Gasteiger partial charge in [-0.25, -0.2) is 9.97 Å². The van der Waals surface area contributed by atoms with E-state index >= 15 is 0 Å². The van der Waals surface area contributed by atoms with Gasteiger partial charge in [-0.05, 0) is 38.0 Å². The number of carboxylic acids is 1. The first-order chi connectivity index (χ1) is 10.1. The molecule has 2 fully saturated rings. The summed E-state index contributed by atoms with van der Waals surface area (Å²) in [5, 5.41) is 9.49. The average molecular weight is 289 g/mol. The summed E-state index contributed by atoms with van der Waals surface area (Å²) in [7, 11) is 0. The number of aromatic nitrogens is 2. The van der Waals surface area contributed by atoms with E-state index in [1.54, 1.807) is 0 Å². The van der Waals surface area contributed by atoms with Crippen molar-refractivity contribution in [2.75, 3.05) is 18.0 Å². The van der Waals surface area contributed by atoms with Gasteiger partial charge >= 0.3 is 5.97 Å². The zero-order chi connectivity index (χ0) is 15.0. The molecule has 0 spiro atoms. The Hall–Kier alpha value is -1.65. The molecule has 1 N–H and O–H groups in total. The SMILES string of the molecule is CCCc1cnc(C)nc1N1C[C@@H](C(=O)O)[C@H](C2CC2)C1. The van der Waals surface area contributed by atoms with Gasteiger partial charge in [-0.1, -0.05) is 13.3 Å². The zero-order valence-corrected chi connectivity index (χ0v) is 12.7. The normalized spacial score (nSPS) is 25.3. The average Bonchev–Trinajstić information content (AvgIpc) is 3.19. The molecule has 0 unspecified atom stereocenters. The summed E-state index contributed by atoms with van der Waals surface area (Å²) < 4.78 is 0. The molecule has 5 heteroatoms. The molecule has 2 heterocycles. The van der Waals surface area contributed by atoms with E-state index in [9.17, 15) is 9.90 Å². The molecule has 3 rings (SSSR count). The van der Waals surface area contributed by atoms with Crippen LogP contribution in [-0.2, 0) is 11.2 Å². The summed E-state index contributed by atoms with van der Waals surface area (Å²) in [5.74, 6) is 1.70. The fraction of sp³-hybridized carbons (Fsp3) is 0.688. The molecule has 0 aromatic carbocycles. The van der Waals surface area contributed by atoms with E-state index in [4.69, 9.17) is 0 Å². The molecule has 1 aromatic rings. The number of carboxylic acid groups (broad SMARTS) is 1. The van der Waals surface area contributed by atoms with Crippen molar-refractivity contribution in [1.29, 1.82) is 0 Å². The van der Waals surface area contributed by atoms with Gasteiger partial charge in [0.05, 0.1) is 5.92 Å². The highest BCUT2D eigenvalue weighted by Crippen LogP contribution is 2.45. The lowest BCUT2D eigenvalue weighted by molar-refractivity contribution is -0.142. The molecule has 0 bridgehead atoms. The van der Waals surface area contributed by atoms with Gasteiger partial charge in [-0.3, -0.25) is 4.79 Å². The van der Waals surface area contributed by atoms with Crippen LogP contribution in [0.2, 0.25) is 0 Å². The third-order valence-electron chi connectivity index (χ3n) is 4.69. The van der Waals surface area contributed by atoms with Crippen LogP contribution in [0.4, 0.5) is 5.82 Å². The maximum Gasteiger partial charge on any atom is 0.308 e. The van der Waals surface area contributed by atoms with Crippen molar-refractivity contribution < 1.29 is 9.90 Å². The minimum atomic E-state index is -0.655. The third-order valence-corrected chi connectivity index (χ3v) is 4.69. The lowest BCUT2D eigenvalue weighted by Crippen LogP contribution is -2.25. The lowest BCUT2D eigenvalue weighted by Gasteiger charge is -2.20. The Morgan fingerprint density at radius 2 is 2.19 bits per heavy atom. The molecule has 1 aliphatic heterocycles. The molecule has 2 atom stereocenters. The first kappa shape index (κ1) is 14.3. The number of nitrogens with zero attached hydrogens (tertiary/aromatic N) is 3. The molecule has 0 radical (unpaired) electrons. The van der Waals surface area contributed by atoms with E-state index in [1.807, 2.05) is 13.1 Å². The second-order valence-electron chi connectivity index (χ2n) is 6.37. The fourth-order valence-electron chi connectivity index (χ4n) is 3.47. The number of anilines is 1. The summed E-state index contributed by atoms with van der Waals surface area (Å²) in [6, 6.07) is 0. The van der Waals surface area contributed by atoms with E-state index in [2.05, 4.69) is 21.8 Å². The molecule has 21 heavy (non-hydrogen) atoms. The first-order valence-corrected chi connectivity index (χ1v) is 7.90. The van der Waals surface area contributed by atoms with E-state index in [0.717, 1.165) is 36.6 Å². The van der Waals surface area contributed by atoms with Gasteiger partial charge < -0.3 is 10.0 Å². The van der Waals surface area contributed by atoms with Crippen molar-refractivity contribution in [3.8, 4) is 0 Å². The van der Waals surface area contributed by atoms with Gasteiger partial charge in [0.2, 0.25) is 0 Å². The first-order valence-electron chi connectivity index (χ1n) is 7.90. The molecule has 1 aromatic heterocycles. The Labute approximate surface area is 125 Å². The fourth-order valence-corrected chi connectivity index (χ4v) is 3.47. The molecule has 114 valence electrons. The van der Waals surface area contributed by atoms with E-state index < -0.39 is 5.97 Å². The van der Waals surface area contributed by atoms with Gasteiger partial charge in [0.1, 0.15) is 11.6 Å². The number of hydrogen-bond acceptors (Lipinski definition) is 4. The zero-order valence-electron chi connectivity index (χ0n) is 12.7. The topological polar surface area (TPSA) is 66.3 Å². The van der Waals surface area contributed by atoms with Gasteiger partial charge in [0.15, 0.2) is 0 Å². The highest BCUT2D eigenvalue weighted by atomic mass is 16.4. The van der Waals surface area contributed by atoms with Crippen molar-refractivity contribution in [1.82, 2.24) is 9.97 Å². The monoisotopic (exact) mass is 289 g/mol. The van der Waals surface area contributed by atoms with Crippen LogP contribution in [0.1, 0.15) is 37.6 Å². The number of aliphatic carboxylic acids is 1. The second-order valence-corrected chi connectivity index (χ2v) is 6.37. The van der Waals surface area contributed by atoms with Crippen LogP contribution in [0.3, 0.4) is 0 Å². The maximum absolute atomic E-state index is 11.5. The molecule has 1 saturated carbocycles. The molecule has 1 saturated heterocycles. The number of rotatable bonds is 5. The van der Waals surface area contributed by atoms with Crippen molar-refractivity contribution in [3.63, 3.8) is 0 Å². The van der Waals surface area contributed by atoms with Crippen LogP contribution >= 0.6 is 0 Å². The Bertz CT molecular complexity index is 542. The van der Waals surface area contributed by atoms with Crippen LogP contribution in [0, 0.1) is 24.7 Å². The smallest absolute Gasteiger partial charge is 0.308 e. The lowest BCUT2D eigenvalue weighted by atomic mass is 9.92.